The first-order chi connectivity index (χ1) is 12.4. The molecule has 0 bridgehead atoms. The van der Waals surface area contributed by atoms with Gasteiger partial charge in [-0.1, -0.05) is 12.8 Å². The molecule has 1 N–H and O–H groups in total. The minimum absolute atomic E-state index is 0.723. The van der Waals surface area contributed by atoms with Crippen LogP contribution in [-0.2, 0) is 6.54 Å². The van der Waals surface area contributed by atoms with Crippen LogP contribution in [0, 0.1) is 5.92 Å². The van der Waals surface area contributed by atoms with Gasteiger partial charge in [0.1, 0.15) is 5.76 Å². The van der Waals surface area contributed by atoms with Crippen LogP contribution < -0.4 is 5.32 Å². The van der Waals surface area contributed by atoms with Gasteiger partial charge in [0.2, 0.25) is 0 Å². The number of nitrogens with one attached hydrogen (secondary N) is 1. The van der Waals surface area contributed by atoms with E-state index in [9.17, 15) is 0 Å². The summed E-state index contributed by atoms with van der Waals surface area (Å²) in [5.41, 5.74) is 0. The molecule has 4 rings (SSSR count). The quantitative estimate of drug-likeness (QED) is 0.855. The molecule has 140 valence electrons. The van der Waals surface area contributed by atoms with Crippen LogP contribution in [0.2, 0.25) is 0 Å². The normalized spacial score (nSPS) is 25.8. The fourth-order valence-electron chi connectivity index (χ4n) is 5.04. The third-order valence-corrected chi connectivity index (χ3v) is 6.73. The van der Waals surface area contributed by atoms with E-state index in [4.69, 9.17) is 4.42 Å². The lowest BCUT2D eigenvalue weighted by molar-refractivity contribution is 0.127. The van der Waals surface area contributed by atoms with Crippen molar-refractivity contribution in [3.05, 3.63) is 24.2 Å². The lowest BCUT2D eigenvalue weighted by Gasteiger charge is -2.37. The summed E-state index contributed by atoms with van der Waals surface area (Å²) in [6.07, 6.45) is 13.0. The molecule has 25 heavy (non-hydrogen) atoms. The van der Waals surface area contributed by atoms with Gasteiger partial charge < -0.3 is 14.6 Å². The average Bonchev–Trinajstić information content (AvgIpc) is 3.36. The first-order valence-electron chi connectivity index (χ1n) is 10.6. The van der Waals surface area contributed by atoms with Crippen LogP contribution in [0.15, 0.2) is 22.8 Å². The molecule has 0 radical (unpaired) electrons. The van der Waals surface area contributed by atoms with Crippen molar-refractivity contribution < 1.29 is 4.42 Å². The van der Waals surface area contributed by atoms with Crippen molar-refractivity contribution in [1.82, 2.24) is 15.1 Å². The molecule has 4 heteroatoms. The van der Waals surface area contributed by atoms with E-state index < -0.39 is 0 Å². The van der Waals surface area contributed by atoms with Gasteiger partial charge in [0.05, 0.1) is 12.8 Å². The Hall–Kier alpha value is -0.840. The molecule has 1 saturated carbocycles. The zero-order chi connectivity index (χ0) is 16.9. The van der Waals surface area contributed by atoms with E-state index in [1.54, 1.807) is 6.26 Å². The molecule has 3 aliphatic rings. The lowest BCUT2D eigenvalue weighted by atomic mass is 9.94. The predicted octanol–water partition coefficient (Wildman–Crippen LogP) is 3.49. The first kappa shape index (κ1) is 17.6. The lowest BCUT2D eigenvalue weighted by Crippen LogP contribution is -2.46. The Morgan fingerprint density at radius 1 is 0.960 bits per heavy atom. The number of piperidine rings is 2. The molecule has 1 aliphatic carbocycles. The van der Waals surface area contributed by atoms with Gasteiger partial charge in [-0.15, -0.1) is 0 Å². The predicted molar refractivity (Wildman–Crippen MR) is 102 cm³/mol. The van der Waals surface area contributed by atoms with E-state index in [1.165, 1.54) is 84.1 Å². The van der Waals surface area contributed by atoms with Gasteiger partial charge in [-0.25, -0.2) is 0 Å². The first-order valence-corrected chi connectivity index (χ1v) is 10.6. The van der Waals surface area contributed by atoms with E-state index in [0.717, 1.165) is 30.3 Å². The fraction of sp³-hybridized carbons (Fsp3) is 0.810. The Bertz CT molecular complexity index is 481. The maximum absolute atomic E-state index is 5.47. The minimum Gasteiger partial charge on any atom is -0.468 e. The Kier molecular flexibility index (Phi) is 6.11. The van der Waals surface area contributed by atoms with E-state index in [1.807, 2.05) is 6.07 Å². The largest absolute Gasteiger partial charge is 0.468 e. The van der Waals surface area contributed by atoms with E-state index in [0.29, 0.717) is 0 Å². The van der Waals surface area contributed by atoms with Gasteiger partial charge in [-0.05, 0) is 76.2 Å². The molecule has 0 atom stereocenters. The maximum Gasteiger partial charge on any atom is 0.117 e. The van der Waals surface area contributed by atoms with Crippen LogP contribution in [0.5, 0.6) is 0 Å². The summed E-state index contributed by atoms with van der Waals surface area (Å²) >= 11 is 0. The van der Waals surface area contributed by atoms with Crippen molar-refractivity contribution in [1.29, 1.82) is 0 Å². The van der Waals surface area contributed by atoms with Crippen molar-refractivity contribution >= 4 is 0 Å². The summed E-state index contributed by atoms with van der Waals surface area (Å²) in [6, 6.07) is 5.72. The zero-order valence-electron chi connectivity index (χ0n) is 15.7. The SMILES string of the molecule is c1coc(CN2CCC(NCC3CCN(C4CCCC4)CC3)CC2)c1. The Morgan fingerprint density at radius 2 is 1.72 bits per heavy atom. The van der Waals surface area contributed by atoms with Crippen LogP contribution in [0.4, 0.5) is 0 Å². The second kappa shape index (κ2) is 8.70. The highest BCUT2D eigenvalue weighted by Gasteiger charge is 2.27. The van der Waals surface area contributed by atoms with Crippen LogP contribution >= 0.6 is 0 Å². The number of rotatable bonds is 6. The molecular weight excluding hydrogens is 310 g/mol. The Labute approximate surface area is 152 Å². The van der Waals surface area contributed by atoms with Crippen molar-refractivity contribution in [3.8, 4) is 0 Å². The highest BCUT2D eigenvalue weighted by Crippen LogP contribution is 2.27. The topological polar surface area (TPSA) is 31.7 Å². The number of hydrogen-bond acceptors (Lipinski definition) is 4. The highest BCUT2D eigenvalue weighted by atomic mass is 16.3. The third kappa shape index (κ3) is 4.87. The molecule has 0 aromatic carbocycles. The van der Waals surface area contributed by atoms with E-state index in [-0.39, 0.29) is 0 Å². The van der Waals surface area contributed by atoms with Crippen LogP contribution in [0.25, 0.3) is 0 Å². The van der Waals surface area contributed by atoms with Gasteiger partial charge in [0.15, 0.2) is 0 Å². The maximum atomic E-state index is 5.47. The highest BCUT2D eigenvalue weighted by molar-refractivity contribution is 4.98. The molecule has 3 fully saturated rings. The van der Waals surface area contributed by atoms with Crippen molar-refractivity contribution in [3.63, 3.8) is 0 Å². The number of likely N-dealkylation sites (tertiary alicyclic amines) is 2. The Morgan fingerprint density at radius 3 is 2.40 bits per heavy atom. The summed E-state index contributed by atoms with van der Waals surface area (Å²) in [5, 5.41) is 3.89. The number of furan rings is 1. The van der Waals surface area contributed by atoms with E-state index >= 15 is 0 Å². The molecule has 2 saturated heterocycles. The van der Waals surface area contributed by atoms with Gasteiger partial charge in [0, 0.05) is 25.2 Å². The summed E-state index contributed by atoms with van der Waals surface area (Å²) in [4.78, 5) is 5.31. The van der Waals surface area contributed by atoms with E-state index in [2.05, 4.69) is 21.2 Å². The van der Waals surface area contributed by atoms with Gasteiger partial charge in [-0.2, -0.15) is 0 Å². The molecule has 0 amide bonds. The molecule has 1 aromatic rings. The monoisotopic (exact) mass is 345 g/mol. The summed E-state index contributed by atoms with van der Waals surface area (Å²) in [5.74, 6) is 2.00. The second-order valence-electron chi connectivity index (χ2n) is 8.46. The van der Waals surface area contributed by atoms with Crippen LogP contribution in [0.1, 0.15) is 57.1 Å². The van der Waals surface area contributed by atoms with Crippen molar-refractivity contribution in [2.24, 2.45) is 5.92 Å². The zero-order valence-corrected chi connectivity index (χ0v) is 15.7. The van der Waals surface area contributed by atoms with Crippen LogP contribution in [0.3, 0.4) is 0 Å². The molecule has 0 unspecified atom stereocenters. The Balaban J connectivity index is 1.11. The van der Waals surface area contributed by atoms with Crippen LogP contribution in [-0.4, -0.2) is 54.6 Å². The summed E-state index contributed by atoms with van der Waals surface area (Å²) in [6.45, 7) is 7.29. The smallest absolute Gasteiger partial charge is 0.117 e. The fourth-order valence-corrected chi connectivity index (χ4v) is 5.04. The van der Waals surface area contributed by atoms with Gasteiger partial charge in [-0.3, -0.25) is 4.90 Å². The number of nitrogens with zero attached hydrogens (tertiary/aromatic N) is 2. The average molecular weight is 346 g/mol. The molecular formula is C21H35N3O. The molecule has 2 aliphatic heterocycles. The molecule has 0 spiro atoms. The standard InChI is InChI=1S/C21H35N3O/c1-2-5-20(4-1)24-13-7-18(8-14-24)16-22-19-9-11-23(12-10-19)17-21-6-3-15-25-21/h3,6,15,18-20,22H,1-2,4-5,7-14,16-17H2. The van der Waals surface area contributed by atoms with Crippen molar-refractivity contribution in [2.45, 2.75) is 70.0 Å². The minimum atomic E-state index is 0.723. The van der Waals surface area contributed by atoms with Gasteiger partial charge in [0.25, 0.3) is 0 Å². The molecule has 1 aromatic heterocycles. The molecule has 3 heterocycles. The second-order valence-corrected chi connectivity index (χ2v) is 8.46. The summed E-state index contributed by atoms with van der Waals surface area (Å²) < 4.78 is 5.47. The third-order valence-electron chi connectivity index (χ3n) is 6.73. The van der Waals surface area contributed by atoms with Crippen molar-refractivity contribution in [2.75, 3.05) is 32.7 Å². The molecule has 4 nitrogen and oxygen atoms in total. The number of hydrogen-bond donors (Lipinski definition) is 1. The summed E-state index contributed by atoms with van der Waals surface area (Å²) in [7, 11) is 0. The van der Waals surface area contributed by atoms with Gasteiger partial charge >= 0.3 is 0 Å².